The highest BCUT2D eigenvalue weighted by Gasteiger charge is 2.03. The molecule has 3 aromatic carbocycles. The van der Waals surface area contributed by atoms with E-state index in [2.05, 4.69) is 55.5 Å². The van der Waals surface area contributed by atoms with Crippen molar-refractivity contribution in [3.05, 3.63) is 66.2 Å². The molecule has 0 heterocycles. The van der Waals surface area contributed by atoms with Gasteiger partial charge in [0.1, 0.15) is 0 Å². The van der Waals surface area contributed by atoms with E-state index in [1.807, 2.05) is 12.1 Å². The van der Waals surface area contributed by atoms with Gasteiger partial charge < -0.3 is 5.73 Å². The van der Waals surface area contributed by atoms with Crippen LogP contribution in [0.2, 0.25) is 0 Å². The molecule has 0 fully saturated rings. The van der Waals surface area contributed by atoms with Crippen LogP contribution >= 0.6 is 0 Å². The van der Waals surface area contributed by atoms with Gasteiger partial charge in [0.2, 0.25) is 0 Å². The molecule has 1 nitrogen and oxygen atoms in total. The molecule has 88 valence electrons. The van der Waals surface area contributed by atoms with Gasteiger partial charge >= 0.3 is 0 Å². The molecule has 0 atom stereocenters. The van der Waals surface area contributed by atoms with Gasteiger partial charge in [-0.3, -0.25) is 0 Å². The van der Waals surface area contributed by atoms with Crippen LogP contribution in [0, 0.1) is 6.92 Å². The fourth-order valence-corrected chi connectivity index (χ4v) is 2.31. The van der Waals surface area contributed by atoms with Crippen molar-refractivity contribution in [2.24, 2.45) is 0 Å². The maximum Gasteiger partial charge on any atom is 0.0320 e. The van der Waals surface area contributed by atoms with Crippen molar-refractivity contribution in [2.75, 3.05) is 5.73 Å². The number of fused-ring (bicyclic) bond motifs is 1. The zero-order valence-corrected chi connectivity index (χ0v) is 10.4. The van der Waals surface area contributed by atoms with Crippen LogP contribution in [0.25, 0.3) is 21.9 Å². The highest BCUT2D eigenvalue weighted by molar-refractivity contribution is 5.88. The Kier molecular flexibility index (Phi) is 2.52. The zero-order valence-electron chi connectivity index (χ0n) is 10.4. The van der Waals surface area contributed by atoms with E-state index in [0.29, 0.717) is 0 Å². The van der Waals surface area contributed by atoms with Crippen molar-refractivity contribution in [3.8, 4) is 11.1 Å². The van der Waals surface area contributed by atoms with E-state index in [1.54, 1.807) is 0 Å². The second-order valence-electron chi connectivity index (χ2n) is 4.64. The average Bonchev–Trinajstić information content (AvgIpc) is 2.41. The molecule has 0 aliphatic rings. The number of anilines is 1. The molecule has 0 saturated heterocycles. The topological polar surface area (TPSA) is 26.0 Å². The molecule has 0 spiro atoms. The lowest BCUT2D eigenvalue weighted by Crippen LogP contribution is -1.88. The van der Waals surface area contributed by atoms with Crippen molar-refractivity contribution in [1.29, 1.82) is 0 Å². The first-order valence-electron chi connectivity index (χ1n) is 6.09. The van der Waals surface area contributed by atoms with Gasteiger partial charge in [-0.1, -0.05) is 42.5 Å². The van der Waals surface area contributed by atoms with Gasteiger partial charge in [0.25, 0.3) is 0 Å². The van der Waals surface area contributed by atoms with Crippen LogP contribution in [0.5, 0.6) is 0 Å². The minimum Gasteiger partial charge on any atom is -0.399 e. The normalized spacial score (nSPS) is 10.7. The lowest BCUT2D eigenvalue weighted by atomic mass is 9.97. The van der Waals surface area contributed by atoms with Crippen molar-refractivity contribution in [3.63, 3.8) is 0 Å². The van der Waals surface area contributed by atoms with E-state index in [9.17, 15) is 0 Å². The molecule has 0 amide bonds. The molecule has 0 radical (unpaired) electrons. The van der Waals surface area contributed by atoms with Gasteiger partial charge in [0.15, 0.2) is 0 Å². The first-order chi connectivity index (χ1) is 8.74. The Labute approximate surface area is 107 Å². The zero-order chi connectivity index (χ0) is 12.5. The molecule has 18 heavy (non-hydrogen) atoms. The summed E-state index contributed by atoms with van der Waals surface area (Å²) in [4.78, 5) is 0. The number of nitrogen functional groups attached to an aromatic ring is 1. The average molecular weight is 233 g/mol. The van der Waals surface area contributed by atoms with Crippen LogP contribution in [0.3, 0.4) is 0 Å². The first-order valence-corrected chi connectivity index (χ1v) is 6.09. The summed E-state index contributed by atoms with van der Waals surface area (Å²) in [5, 5.41) is 2.53. The number of nitrogens with two attached hydrogens (primary N) is 1. The number of hydrogen-bond acceptors (Lipinski definition) is 1. The standard InChI is InChI=1S/C17H15N/c1-12-6-9-16(18)11-17(12)15-8-7-13-4-2-3-5-14(13)10-15/h2-11H,18H2,1H3. The van der Waals surface area contributed by atoms with Crippen molar-refractivity contribution in [1.82, 2.24) is 0 Å². The van der Waals surface area contributed by atoms with Crippen LogP contribution < -0.4 is 5.73 Å². The third kappa shape index (κ3) is 1.84. The Bertz CT molecular complexity index is 714. The Morgan fingerprint density at radius 2 is 1.56 bits per heavy atom. The third-order valence-corrected chi connectivity index (χ3v) is 3.32. The van der Waals surface area contributed by atoms with Crippen LogP contribution in [0.15, 0.2) is 60.7 Å². The first kappa shape index (κ1) is 10.8. The SMILES string of the molecule is Cc1ccc(N)cc1-c1ccc2ccccc2c1. The predicted molar refractivity (Wildman–Crippen MR) is 78.5 cm³/mol. The Morgan fingerprint density at radius 1 is 0.778 bits per heavy atom. The molecule has 0 aromatic heterocycles. The molecule has 0 unspecified atom stereocenters. The van der Waals surface area contributed by atoms with Gasteiger partial charge in [-0.15, -0.1) is 0 Å². The summed E-state index contributed by atoms with van der Waals surface area (Å²) >= 11 is 0. The minimum absolute atomic E-state index is 0.809. The van der Waals surface area contributed by atoms with E-state index < -0.39 is 0 Å². The van der Waals surface area contributed by atoms with Gasteiger partial charge in [-0.25, -0.2) is 0 Å². The van der Waals surface area contributed by atoms with Gasteiger partial charge in [-0.2, -0.15) is 0 Å². The van der Waals surface area contributed by atoms with Crippen LogP contribution in [-0.4, -0.2) is 0 Å². The maximum absolute atomic E-state index is 5.88. The van der Waals surface area contributed by atoms with Gasteiger partial charge in [0, 0.05) is 5.69 Å². The molecule has 0 bridgehead atoms. The Hall–Kier alpha value is -2.28. The summed E-state index contributed by atoms with van der Waals surface area (Å²) in [6, 6.07) is 21.0. The molecule has 0 aliphatic heterocycles. The highest BCUT2D eigenvalue weighted by atomic mass is 14.5. The summed E-state index contributed by atoms with van der Waals surface area (Å²) in [5.41, 5.74) is 10.4. The van der Waals surface area contributed by atoms with E-state index >= 15 is 0 Å². The quantitative estimate of drug-likeness (QED) is 0.619. The molecule has 2 N–H and O–H groups in total. The lowest BCUT2D eigenvalue weighted by Gasteiger charge is -2.08. The number of rotatable bonds is 1. The van der Waals surface area contributed by atoms with Crippen molar-refractivity contribution >= 4 is 16.5 Å². The number of hydrogen-bond donors (Lipinski definition) is 1. The summed E-state index contributed by atoms with van der Waals surface area (Å²) < 4.78 is 0. The van der Waals surface area contributed by atoms with Gasteiger partial charge in [0.05, 0.1) is 0 Å². The lowest BCUT2D eigenvalue weighted by molar-refractivity contribution is 1.46. The summed E-state index contributed by atoms with van der Waals surface area (Å²) in [5.74, 6) is 0. The second-order valence-corrected chi connectivity index (χ2v) is 4.64. The van der Waals surface area contributed by atoms with E-state index in [4.69, 9.17) is 5.73 Å². The minimum atomic E-state index is 0.809. The third-order valence-electron chi connectivity index (χ3n) is 3.32. The molecule has 0 saturated carbocycles. The summed E-state index contributed by atoms with van der Waals surface area (Å²) in [6.07, 6.45) is 0. The summed E-state index contributed by atoms with van der Waals surface area (Å²) in [6.45, 7) is 2.12. The number of aryl methyl sites for hydroxylation is 1. The molecule has 3 aromatic rings. The Morgan fingerprint density at radius 3 is 2.39 bits per heavy atom. The molecular formula is C17H15N. The fourth-order valence-electron chi connectivity index (χ4n) is 2.31. The van der Waals surface area contributed by atoms with E-state index in [-0.39, 0.29) is 0 Å². The Balaban J connectivity index is 2.22. The van der Waals surface area contributed by atoms with E-state index in [1.165, 1.54) is 27.5 Å². The predicted octanol–water partition coefficient (Wildman–Crippen LogP) is 4.40. The number of benzene rings is 3. The maximum atomic E-state index is 5.88. The molecule has 3 rings (SSSR count). The van der Waals surface area contributed by atoms with E-state index in [0.717, 1.165) is 5.69 Å². The second kappa shape index (κ2) is 4.19. The van der Waals surface area contributed by atoms with Crippen LogP contribution in [-0.2, 0) is 0 Å². The van der Waals surface area contributed by atoms with Crippen molar-refractivity contribution < 1.29 is 0 Å². The van der Waals surface area contributed by atoms with Gasteiger partial charge in [-0.05, 0) is 52.6 Å². The largest absolute Gasteiger partial charge is 0.399 e. The molecule has 0 aliphatic carbocycles. The molecule has 1 heteroatoms. The van der Waals surface area contributed by atoms with Crippen LogP contribution in [0.1, 0.15) is 5.56 Å². The highest BCUT2D eigenvalue weighted by Crippen LogP contribution is 2.28. The fraction of sp³-hybridized carbons (Fsp3) is 0.0588. The monoisotopic (exact) mass is 233 g/mol. The smallest absolute Gasteiger partial charge is 0.0320 e. The van der Waals surface area contributed by atoms with Crippen LogP contribution in [0.4, 0.5) is 5.69 Å². The molecular weight excluding hydrogens is 218 g/mol. The summed E-state index contributed by atoms with van der Waals surface area (Å²) in [7, 11) is 0. The van der Waals surface area contributed by atoms with Crippen molar-refractivity contribution in [2.45, 2.75) is 6.92 Å².